The van der Waals surface area contributed by atoms with E-state index in [1.165, 1.54) is 0 Å². The molecule has 0 bridgehead atoms. The lowest BCUT2D eigenvalue weighted by Gasteiger charge is -1.90. The molecule has 7 heavy (non-hydrogen) atoms. The fourth-order valence-corrected chi connectivity index (χ4v) is 0.454. The Hall–Kier alpha value is -0.0900. The van der Waals surface area contributed by atoms with Crippen LogP contribution in [-0.4, -0.2) is 21.3 Å². The average molecular weight is 123 g/mol. The molecular weight excluding hydrogens is 116 g/mol. The minimum atomic E-state index is -3.24. The van der Waals surface area contributed by atoms with E-state index in [1.54, 1.807) is 0 Å². The van der Waals surface area contributed by atoms with Crippen molar-refractivity contribution in [3.8, 4) is 0 Å². The lowest BCUT2D eigenvalue weighted by Crippen LogP contribution is -2.00. The molecule has 1 radical (unpaired) electrons. The predicted molar refractivity (Wildman–Crippen MR) is 26.2 cm³/mol. The summed E-state index contributed by atoms with van der Waals surface area (Å²) in [5.74, 6) is 0. The SMILES string of the molecule is [CH2]COS(C)(=O)=O. The third kappa shape index (κ3) is 5.91. The summed E-state index contributed by atoms with van der Waals surface area (Å²) in [5.41, 5.74) is 0. The van der Waals surface area contributed by atoms with E-state index in [1.807, 2.05) is 0 Å². The number of hydrogen-bond acceptors (Lipinski definition) is 3. The maximum absolute atomic E-state index is 9.97. The smallest absolute Gasteiger partial charge is 0.264 e. The molecule has 0 aliphatic carbocycles. The molecule has 0 aliphatic rings. The minimum absolute atomic E-state index is 0.0289. The molecule has 0 saturated heterocycles. The Labute approximate surface area is 43.4 Å². The van der Waals surface area contributed by atoms with Gasteiger partial charge in [0.05, 0.1) is 12.9 Å². The highest BCUT2D eigenvalue weighted by atomic mass is 32.2. The van der Waals surface area contributed by atoms with Gasteiger partial charge in [-0.1, -0.05) is 0 Å². The second kappa shape index (κ2) is 2.28. The lowest BCUT2D eigenvalue weighted by atomic mass is 10.9. The zero-order valence-corrected chi connectivity index (χ0v) is 4.86. The summed E-state index contributed by atoms with van der Waals surface area (Å²) in [6.07, 6.45) is 0.984. The van der Waals surface area contributed by atoms with Crippen LogP contribution in [0.4, 0.5) is 0 Å². The van der Waals surface area contributed by atoms with Gasteiger partial charge >= 0.3 is 0 Å². The number of rotatable bonds is 2. The largest absolute Gasteiger partial charge is 0.270 e. The Morgan fingerprint density at radius 3 is 2.14 bits per heavy atom. The first kappa shape index (κ1) is 6.91. The summed E-state index contributed by atoms with van der Waals surface area (Å²) < 4.78 is 24.0. The molecule has 0 rings (SSSR count). The fourth-order valence-electron chi connectivity index (χ4n) is 0.151. The summed E-state index contributed by atoms with van der Waals surface area (Å²) in [6.45, 7) is 3.14. The highest BCUT2D eigenvalue weighted by Gasteiger charge is 1.94. The van der Waals surface area contributed by atoms with Gasteiger partial charge in [-0.2, -0.15) is 8.42 Å². The third-order valence-electron chi connectivity index (χ3n) is 0.297. The molecule has 0 aliphatic heterocycles. The summed E-state index contributed by atoms with van der Waals surface area (Å²) in [5, 5.41) is 0. The van der Waals surface area contributed by atoms with Crippen molar-refractivity contribution in [3.63, 3.8) is 0 Å². The van der Waals surface area contributed by atoms with Crippen molar-refractivity contribution in [2.75, 3.05) is 12.9 Å². The van der Waals surface area contributed by atoms with Gasteiger partial charge in [0, 0.05) is 0 Å². The van der Waals surface area contributed by atoms with Crippen LogP contribution in [0.2, 0.25) is 0 Å². The van der Waals surface area contributed by atoms with E-state index in [0.717, 1.165) is 6.26 Å². The van der Waals surface area contributed by atoms with Crippen LogP contribution in [0.1, 0.15) is 0 Å². The summed E-state index contributed by atoms with van der Waals surface area (Å²) in [7, 11) is -3.24. The van der Waals surface area contributed by atoms with Crippen molar-refractivity contribution < 1.29 is 12.6 Å². The van der Waals surface area contributed by atoms with E-state index in [4.69, 9.17) is 0 Å². The van der Waals surface area contributed by atoms with Crippen LogP contribution in [-0.2, 0) is 14.3 Å². The van der Waals surface area contributed by atoms with Crippen molar-refractivity contribution in [2.45, 2.75) is 0 Å². The zero-order chi connectivity index (χ0) is 5.91. The average Bonchev–Trinajstić information content (AvgIpc) is 1.30. The Kier molecular flexibility index (Phi) is 2.25. The highest BCUT2D eigenvalue weighted by Crippen LogP contribution is 1.81. The molecule has 0 amide bonds. The molecule has 3 nitrogen and oxygen atoms in total. The van der Waals surface area contributed by atoms with Gasteiger partial charge in [-0.25, -0.2) is 0 Å². The van der Waals surface area contributed by atoms with Crippen LogP contribution in [0, 0.1) is 6.92 Å². The van der Waals surface area contributed by atoms with Crippen molar-refractivity contribution in [1.82, 2.24) is 0 Å². The van der Waals surface area contributed by atoms with Gasteiger partial charge in [-0.05, 0) is 6.92 Å². The fraction of sp³-hybridized carbons (Fsp3) is 0.667. The molecule has 0 heterocycles. The molecule has 0 atom stereocenters. The molecule has 0 N–H and O–H groups in total. The summed E-state index contributed by atoms with van der Waals surface area (Å²) in [4.78, 5) is 0. The van der Waals surface area contributed by atoms with Gasteiger partial charge in [-0.3, -0.25) is 4.18 Å². The Balaban J connectivity index is 3.60. The topological polar surface area (TPSA) is 43.4 Å². The molecule has 0 aromatic heterocycles. The predicted octanol–water partition coefficient (Wildman–Crippen LogP) is -0.203. The Morgan fingerprint density at radius 1 is 1.71 bits per heavy atom. The summed E-state index contributed by atoms with van der Waals surface area (Å²) >= 11 is 0. The van der Waals surface area contributed by atoms with Gasteiger partial charge in [0.1, 0.15) is 0 Å². The standard InChI is InChI=1S/C3H7O3S/c1-3-6-7(2,4)5/h1,3H2,2H3. The van der Waals surface area contributed by atoms with E-state index in [0.29, 0.717) is 0 Å². The summed E-state index contributed by atoms with van der Waals surface area (Å²) in [6, 6.07) is 0. The second-order valence-electron chi connectivity index (χ2n) is 1.03. The lowest BCUT2D eigenvalue weighted by molar-refractivity contribution is 0.360. The van der Waals surface area contributed by atoms with E-state index in [-0.39, 0.29) is 6.61 Å². The molecule has 0 fully saturated rings. The molecule has 0 aromatic rings. The number of hydrogen-bond donors (Lipinski definition) is 0. The third-order valence-corrected chi connectivity index (χ3v) is 0.892. The van der Waals surface area contributed by atoms with Crippen molar-refractivity contribution in [1.29, 1.82) is 0 Å². The molecule has 0 saturated carbocycles. The zero-order valence-electron chi connectivity index (χ0n) is 4.05. The molecule has 4 heteroatoms. The van der Waals surface area contributed by atoms with Crippen molar-refractivity contribution in [3.05, 3.63) is 6.92 Å². The van der Waals surface area contributed by atoms with E-state index in [9.17, 15) is 8.42 Å². The van der Waals surface area contributed by atoms with Gasteiger partial charge in [0.25, 0.3) is 10.1 Å². The van der Waals surface area contributed by atoms with Crippen LogP contribution in [0.15, 0.2) is 0 Å². The Morgan fingerprint density at radius 2 is 2.14 bits per heavy atom. The van der Waals surface area contributed by atoms with Gasteiger partial charge in [-0.15, -0.1) is 0 Å². The van der Waals surface area contributed by atoms with Crippen LogP contribution >= 0.6 is 0 Å². The van der Waals surface area contributed by atoms with E-state index >= 15 is 0 Å². The molecule has 43 valence electrons. The highest BCUT2D eigenvalue weighted by molar-refractivity contribution is 7.85. The van der Waals surface area contributed by atoms with Gasteiger partial charge < -0.3 is 0 Å². The monoisotopic (exact) mass is 123 g/mol. The van der Waals surface area contributed by atoms with Gasteiger partial charge in [0.2, 0.25) is 0 Å². The van der Waals surface area contributed by atoms with Crippen molar-refractivity contribution in [2.24, 2.45) is 0 Å². The minimum Gasteiger partial charge on any atom is -0.270 e. The quantitative estimate of drug-likeness (QED) is 0.477. The molecule has 0 spiro atoms. The molecule has 0 aromatic carbocycles. The van der Waals surface area contributed by atoms with Crippen LogP contribution in [0.25, 0.3) is 0 Å². The van der Waals surface area contributed by atoms with Crippen LogP contribution < -0.4 is 0 Å². The van der Waals surface area contributed by atoms with Crippen LogP contribution in [0.5, 0.6) is 0 Å². The normalized spacial score (nSPS) is 11.7. The Bertz CT molecular complexity index is 123. The first-order chi connectivity index (χ1) is 3.06. The first-order valence-electron chi connectivity index (χ1n) is 1.70. The molecule has 0 unspecified atom stereocenters. The second-order valence-corrected chi connectivity index (χ2v) is 2.67. The maximum Gasteiger partial charge on any atom is 0.264 e. The van der Waals surface area contributed by atoms with Gasteiger partial charge in [0.15, 0.2) is 0 Å². The first-order valence-corrected chi connectivity index (χ1v) is 3.51. The van der Waals surface area contributed by atoms with E-state index in [2.05, 4.69) is 11.1 Å². The van der Waals surface area contributed by atoms with Crippen molar-refractivity contribution >= 4 is 10.1 Å². The molecular formula is C3H7O3S. The van der Waals surface area contributed by atoms with E-state index < -0.39 is 10.1 Å². The maximum atomic E-state index is 9.97. The van der Waals surface area contributed by atoms with Crippen LogP contribution in [0.3, 0.4) is 0 Å².